The molecular formula is C14H14FN3O. The monoisotopic (exact) mass is 259 g/mol. The molecule has 19 heavy (non-hydrogen) atoms. The molecule has 0 radical (unpaired) electrons. The standard InChI is InChI=1S/C14H14FN3O/c1-10-5-6-11(8-13(10)15)18-14(19)17-9-12-4-2-3-7-16-12/h2-8H,9H2,1H3,(H2,17,18,19). The van der Waals surface area contributed by atoms with Crippen LogP contribution in [-0.2, 0) is 6.54 Å². The maximum absolute atomic E-state index is 13.3. The lowest BCUT2D eigenvalue weighted by Crippen LogP contribution is -2.28. The Kier molecular flexibility index (Phi) is 4.07. The fourth-order valence-electron chi connectivity index (χ4n) is 1.52. The van der Waals surface area contributed by atoms with Crippen molar-refractivity contribution in [3.63, 3.8) is 0 Å². The van der Waals surface area contributed by atoms with Crippen molar-refractivity contribution >= 4 is 11.7 Å². The highest BCUT2D eigenvalue weighted by molar-refractivity contribution is 5.89. The first kappa shape index (κ1) is 13.0. The molecule has 0 aliphatic heterocycles. The minimum absolute atomic E-state index is 0.320. The molecule has 0 unspecified atom stereocenters. The second-order valence-corrected chi connectivity index (χ2v) is 4.09. The molecule has 2 N–H and O–H groups in total. The number of hydrogen-bond donors (Lipinski definition) is 2. The first-order valence-corrected chi connectivity index (χ1v) is 5.86. The number of carbonyl (C=O) groups excluding carboxylic acids is 1. The molecule has 0 atom stereocenters. The van der Waals surface area contributed by atoms with E-state index in [1.807, 2.05) is 12.1 Å². The SMILES string of the molecule is Cc1ccc(NC(=O)NCc2ccccn2)cc1F. The number of urea groups is 1. The minimum Gasteiger partial charge on any atom is -0.332 e. The molecule has 2 aromatic rings. The Morgan fingerprint density at radius 1 is 1.32 bits per heavy atom. The van der Waals surface area contributed by atoms with Crippen LogP contribution in [0.4, 0.5) is 14.9 Å². The van der Waals surface area contributed by atoms with E-state index in [4.69, 9.17) is 0 Å². The van der Waals surface area contributed by atoms with Gasteiger partial charge in [-0.2, -0.15) is 0 Å². The predicted octanol–water partition coefficient (Wildman–Crippen LogP) is 2.85. The smallest absolute Gasteiger partial charge is 0.319 e. The van der Waals surface area contributed by atoms with Gasteiger partial charge in [0.25, 0.3) is 0 Å². The van der Waals surface area contributed by atoms with Crippen LogP contribution in [0.2, 0.25) is 0 Å². The maximum Gasteiger partial charge on any atom is 0.319 e. The number of amides is 2. The molecule has 0 aliphatic carbocycles. The zero-order chi connectivity index (χ0) is 13.7. The fraction of sp³-hybridized carbons (Fsp3) is 0.143. The van der Waals surface area contributed by atoms with Crippen LogP contribution in [0.3, 0.4) is 0 Å². The van der Waals surface area contributed by atoms with E-state index >= 15 is 0 Å². The predicted molar refractivity (Wildman–Crippen MR) is 71.2 cm³/mol. The minimum atomic E-state index is -0.395. The summed E-state index contributed by atoms with van der Waals surface area (Å²) in [5, 5.41) is 5.21. The van der Waals surface area contributed by atoms with E-state index < -0.39 is 6.03 Å². The van der Waals surface area contributed by atoms with Gasteiger partial charge in [-0.1, -0.05) is 12.1 Å². The van der Waals surface area contributed by atoms with Crippen LogP contribution in [0.1, 0.15) is 11.3 Å². The van der Waals surface area contributed by atoms with E-state index in [1.165, 1.54) is 6.07 Å². The Balaban J connectivity index is 1.89. The molecule has 0 fully saturated rings. The first-order chi connectivity index (χ1) is 9.15. The zero-order valence-corrected chi connectivity index (χ0v) is 10.5. The van der Waals surface area contributed by atoms with Crippen molar-refractivity contribution in [3.8, 4) is 0 Å². The third-order valence-corrected chi connectivity index (χ3v) is 2.59. The Labute approximate surface area is 110 Å². The molecule has 4 nitrogen and oxygen atoms in total. The largest absolute Gasteiger partial charge is 0.332 e. The molecule has 5 heteroatoms. The van der Waals surface area contributed by atoms with Gasteiger partial charge in [0.1, 0.15) is 5.82 Å². The van der Waals surface area contributed by atoms with Crippen LogP contribution in [0, 0.1) is 12.7 Å². The highest BCUT2D eigenvalue weighted by Gasteiger charge is 2.04. The van der Waals surface area contributed by atoms with Crippen LogP contribution in [0.5, 0.6) is 0 Å². The number of aromatic nitrogens is 1. The lowest BCUT2D eigenvalue weighted by Gasteiger charge is -2.08. The van der Waals surface area contributed by atoms with Gasteiger partial charge in [-0.05, 0) is 36.8 Å². The highest BCUT2D eigenvalue weighted by atomic mass is 19.1. The van der Waals surface area contributed by atoms with Crippen LogP contribution >= 0.6 is 0 Å². The first-order valence-electron chi connectivity index (χ1n) is 5.86. The van der Waals surface area contributed by atoms with Crippen LogP contribution in [0.25, 0.3) is 0 Å². The van der Waals surface area contributed by atoms with E-state index in [0.29, 0.717) is 17.8 Å². The van der Waals surface area contributed by atoms with Crippen molar-refractivity contribution in [2.45, 2.75) is 13.5 Å². The van der Waals surface area contributed by atoms with E-state index in [2.05, 4.69) is 15.6 Å². The van der Waals surface area contributed by atoms with E-state index in [0.717, 1.165) is 5.69 Å². The molecular weight excluding hydrogens is 245 g/mol. The average molecular weight is 259 g/mol. The molecule has 1 aromatic carbocycles. The normalized spacial score (nSPS) is 10.0. The Hall–Kier alpha value is -2.43. The number of nitrogens with zero attached hydrogens (tertiary/aromatic N) is 1. The number of hydrogen-bond acceptors (Lipinski definition) is 2. The number of rotatable bonds is 3. The molecule has 2 rings (SSSR count). The number of anilines is 1. The number of halogens is 1. The average Bonchev–Trinajstić information content (AvgIpc) is 2.42. The summed E-state index contributed by atoms with van der Waals surface area (Å²) >= 11 is 0. The third-order valence-electron chi connectivity index (χ3n) is 2.59. The second-order valence-electron chi connectivity index (χ2n) is 4.09. The van der Waals surface area contributed by atoms with Crippen LogP contribution < -0.4 is 10.6 Å². The van der Waals surface area contributed by atoms with Crippen molar-refractivity contribution in [1.82, 2.24) is 10.3 Å². The van der Waals surface area contributed by atoms with Gasteiger partial charge < -0.3 is 10.6 Å². The van der Waals surface area contributed by atoms with Crippen molar-refractivity contribution in [2.24, 2.45) is 0 Å². The van der Waals surface area contributed by atoms with E-state index in [-0.39, 0.29) is 5.82 Å². The third kappa shape index (κ3) is 3.77. The molecule has 0 spiro atoms. The maximum atomic E-state index is 13.3. The van der Waals surface area contributed by atoms with E-state index in [9.17, 15) is 9.18 Å². The highest BCUT2D eigenvalue weighted by Crippen LogP contribution is 2.13. The molecule has 0 aliphatic rings. The molecule has 1 aromatic heterocycles. The molecule has 98 valence electrons. The summed E-state index contributed by atoms with van der Waals surface area (Å²) in [6, 6.07) is 9.62. The lowest BCUT2D eigenvalue weighted by atomic mass is 10.2. The van der Waals surface area contributed by atoms with Gasteiger partial charge in [-0.15, -0.1) is 0 Å². The van der Waals surface area contributed by atoms with Gasteiger partial charge in [-0.3, -0.25) is 4.98 Å². The molecule has 2 amide bonds. The van der Waals surface area contributed by atoms with Gasteiger partial charge in [0.2, 0.25) is 0 Å². The van der Waals surface area contributed by atoms with Gasteiger partial charge in [0, 0.05) is 11.9 Å². The molecule has 0 saturated heterocycles. The molecule has 1 heterocycles. The molecule has 0 bridgehead atoms. The summed E-state index contributed by atoms with van der Waals surface area (Å²) in [5.41, 5.74) is 1.72. The Morgan fingerprint density at radius 3 is 2.84 bits per heavy atom. The lowest BCUT2D eigenvalue weighted by molar-refractivity contribution is 0.251. The number of pyridine rings is 1. The number of aryl methyl sites for hydroxylation is 1. The summed E-state index contributed by atoms with van der Waals surface area (Å²) in [6.07, 6.45) is 1.66. The summed E-state index contributed by atoms with van der Waals surface area (Å²) < 4.78 is 13.3. The van der Waals surface area contributed by atoms with Crippen molar-refractivity contribution in [3.05, 3.63) is 59.7 Å². The van der Waals surface area contributed by atoms with Gasteiger partial charge in [-0.25, -0.2) is 9.18 Å². The number of nitrogens with one attached hydrogen (secondary N) is 2. The van der Waals surface area contributed by atoms with Crippen LogP contribution in [-0.4, -0.2) is 11.0 Å². The summed E-state index contributed by atoms with van der Waals surface area (Å²) in [5.74, 6) is -0.345. The Bertz CT molecular complexity index is 572. The van der Waals surface area contributed by atoms with Gasteiger partial charge >= 0.3 is 6.03 Å². The fourth-order valence-corrected chi connectivity index (χ4v) is 1.52. The van der Waals surface area contributed by atoms with Crippen LogP contribution in [0.15, 0.2) is 42.6 Å². The van der Waals surface area contributed by atoms with E-state index in [1.54, 1.807) is 31.3 Å². The van der Waals surface area contributed by atoms with Crippen molar-refractivity contribution in [1.29, 1.82) is 0 Å². The summed E-state index contributed by atoms with van der Waals surface area (Å²) in [7, 11) is 0. The van der Waals surface area contributed by atoms with Gasteiger partial charge in [0.15, 0.2) is 0 Å². The number of carbonyl (C=O) groups is 1. The van der Waals surface area contributed by atoms with Crippen molar-refractivity contribution < 1.29 is 9.18 Å². The quantitative estimate of drug-likeness (QED) is 0.890. The van der Waals surface area contributed by atoms with Gasteiger partial charge in [0.05, 0.1) is 12.2 Å². The summed E-state index contributed by atoms with van der Waals surface area (Å²) in [4.78, 5) is 15.7. The summed E-state index contributed by atoms with van der Waals surface area (Å²) in [6.45, 7) is 1.99. The Morgan fingerprint density at radius 2 is 2.16 bits per heavy atom. The topological polar surface area (TPSA) is 54.0 Å². The zero-order valence-electron chi connectivity index (χ0n) is 10.5. The van der Waals surface area contributed by atoms with Crippen molar-refractivity contribution in [2.75, 3.05) is 5.32 Å². The number of benzene rings is 1. The second kappa shape index (κ2) is 5.95. The molecule has 0 saturated carbocycles.